The highest BCUT2D eigenvalue weighted by Gasteiger charge is 2.41. The third-order valence-corrected chi connectivity index (χ3v) is 6.03. The van der Waals surface area contributed by atoms with Gasteiger partial charge in [-0.2, -0.15) is 0 Å². The summed E-state index contributed by atoms with van der Waals surface area (Å²) < 4.78 is 5.99. The topological polar surface area (TPSA) is 49.9 Å². The van der Waals surface area contributed by atoms with Crippen molar-refractivity contribution < 1.29 is 14.3 Å². The number of nitrogens with zero attached hydrogens (tertiary/aromatic N) is 2. The van der Waals surface area contributed by atoms with Crippen LogP contribution in [0, 0.1) is 13.8 Å². The summed E-state index contributed by atoms with van der Waals surface area (Å²) in [6, 6.07) is 5.65. The first-order valence-electron chi connectivity index (χ1n) is 7.94. The van der Waals surface area contributed by atoms with E-state index in [2.05, 4.69) is 0 Å². The van der Waals surface area contributed by atoms with Crippen LogP contribution < -0.4 is 4.90 Å². The number of carbonyl (C=O) groups excluding carboxylic acids is 2. The molecule has 7 heteroatoms. The molecule has 1 aromatic rings. The van der Waals surface area contributed by atoms with Gasteiger partial charge in [0.25, 0.3) is 0 Å². The lowest BCUT2D eigenvalue weighted by Gasteiger charge is -2.29. The molecule has 2 aliphatic heterocycles. The Morgan fingerprint density at radius 3 is 2.58 bits per heavy atom. The molecular weight excluding hydrogens is 344 g/mol. The summed E-state index contributed by atoms with van der Waals surface area (Å²) in [6.45, 7) is 6.75. The van der Waals surface area contributed by atoms with Gasteiger partial charge in [0.1, 0.15) is 9.57 Å². The van der Waals surface area contributed by atoms with Crippen molar-refractivity contribution in [2.45, 2.75) is 25.5 Å². The van der Waals surface area contributed by atoms with Gasteiger partial charge in [-0.15, -0.1) is 0 Å². The number of morpholine rings is 1. The Kier molecular flexibility index (Phi) is 5.22. The number of anilines is 1. The summed E-state index contributed by atoms with van der Waals surface area (Å²) in [5.41, 5.74) is 2.85. The molecule has 128 valence electrons. The predicted molar refractivity (Wildman–Crippen MR) is 99.4 cm³/mol. The standard InChI is InChI=1S/C17H20N2O3S2/c1-11-3-4-13(9-12(11)2)19-15(20)10-14(16(19)21)24-17(23)18-5-7-22-8-6-18/h3-4,9,14H,5-8,10H2,1-2H3/t14-/m0/s1. The maximum Gasteiger partial charge on any atom is 0.247 e. The smallest absolute Gasteiger partial charge is 0.247 e. The van der Waals surface area contributed by atoms with Gasteiger partial charge >= 0.3 is 0 Å². The van der Waals surface area contributed by atoms with Crippen molar-refractivity contribution in [1.82, 2.24) is 4.90 Å². The lowest BCUT2D eigenvalue weighted by molar-refractivity contribution is -0.121. The van der Waals surface area contributed by atoms with Gasteiger partial charge in [-0.05, 0) is 37.1 Å². The molecule has 0 N–H and O–H groups in total. The number of aryl methyl sites for hydroxylation is 2. The zero-order valence-electron chi connectivity index (χ0n) is 13.8. The lowest BCUT2D eigenvalue weighted by atomic mass is 10.1. The highest BCUT2D eigenvalue weighted by atomic mass is 32.2. The number of amides is 2. The van der Waals surface area contributed by atoms with Crippen molar-refractivity contribution >= 4 is 45.8 Å². The molecule has 2 fully saturated rings. The van der Waals surface area contributed by atoms with Crippen LogP contribution in [0.15, 0.2) is 18.2 Å². The number of thiocarbonyl (C=S) groups is 1. The van der Waals surface area contributed by atoms with Crippen LogP contribution in [-0.2, 0) is 14.3 Å². The number of thioether (sulfide) groups is 1. The van der Waals surface area contributed by atoms with E-state index < -0.39 is 5.25 Å². The van der Waals surface area contributed by atoms with E-state index in [0.717, 1.165) is 24.2 Å². The highest BCUT2D eigenvalue weighted by molar-refractivity contribution is 8.23. The molecule has 0 radical (unpaired) electrons. The van der Waals surface area contributed by atoms with Gasteiger partial charge in [-0.3, -0.25) is 9.59 Å². The molecule has 1 atom stereocenters. The van der Waals surface area contributed by atoms with Gasteiger partial charge in [0.05, 0.1) is 18.9 Å². The van der Waals surface area contributed by atoms with Crippen LogP contribution in [0.25, 0.3) is 0 Å². The zero-order chi connectivity index (χ0) is 17.3. The minimum Gasteiger partial charge on any atom is -0.378 e. The monoisotopic (exact) mass is 364 g/mol. The molecule has 0 saturated carbocycles. The van der Waals surface area contributed by atoms with Gasteiger partial charge < -0.3 is 9.64 Å². The molecular formula is C17H20N2O3S2. The van der Waals surface area contributed by atoms with Crippen molar-refractivity contribution in [2.75, 3.05) is 31.2 Å². The molecule has 0 aliphatic carbocycles. The fourth-order valence-electron chi connectivity index (χ4n) is 2.77. The molecule has 1 aromatic carbocycles. The minimum atomic E-state index is -0.436. The molecule has 0 bridgehead atoms. The first kappa shape index (κ1) is 17.4. The summed E-state index contributed by atoms with van der Waals surface area (Å²) in [6.07, 6.45) is 0.195. The molecule has 2 aliphatic rings. The highest BCUT2D eigenvalue weighted by Crippen LogP contribution is 2.32. The van der Waals surface area contributed by atoms with Crippen molar-refractivity contribution in [1.29, 1.82) is 0 Å². The van der Waals surface area contributed by atoms with E-state index >= 15 is 0 Å². The van der Waals surface area contributed by atoms with E-state index in [0.29, 0.717) is 23.2 Å². The molecule has 2 amide bonds. The zero-order valence-corrected chi connectivity index (χ0v) is 15.4. The number of rotatable bonds is 2. The van der Waals surface area contributed by atoms with Crippen molar-refractivity contribution in [2.24, 2.45) is 0 Å². The number of carbonyl (C=O) groups is 2. The fraction of sp³-hybridized carbons (Fsp3) is 0.471. The SMILES string of the molecule is Cc1ccc(N2C(=O)C[C@H](SC(=S)N3CCOCC3)C2=O)cc1C. The van der Waals surface area contributed by atoms with Crippen molar-refractivity contribution in [3.05, 3.63) is 29.3 Å². The Morgan fingerprint density at radius 2 is 1.92 bits per heavy atom. The number of benzene rings is 1. The van der Waals surface area contributed by atoms with Gasteiger partial charge in [0, 0.05) is 19.5 Å². The van der Waals surface area contributed by atoms with E-state index in [-0.39, 0.29) is 18.2 Å². The minimum absolute atomic E-state index is 0.162. The summed E-state index contributed by atoms with van der Waals surface area (Å²) in [4.78, 5) is 28.4. The Labute approximate surface area is 151 Å². The van der Waals surface area contributed by atoms with E-state index in [9.17, 15) is 9.59 Å². The van der Waals surface area contributed by atoms with Crippen LogP contribution in [-0.4, -0.2) is 52.6 Å². The maximum atomic E-state index is 12.7. The summed E-state index contributed by atoms with van der Waals surface area (Å²) >= 11 is 6.77. The molecule has 2 saturated heterocycles. The van der Waals surface area contributed by atoms with Crippen molar-refractivity contribution in [3.8, 4) is 0 Å². The second-order valence-corrected chi connectivity index (χ2v) is 7.85. The predicted octanol–water partition coefficient (Wildman–Crippen LogP) is 2.29. The molecule has 0 spiro atoms. The largest absolute Gasteiger partial charge is 0.378 e. The van der Waals surface area contributed by atoms with Crippen LogP contribution in [0.2, 0.25) is 0 Å². The molecule has 5 nitrogen and oxygen atoms in total. The van der Waals surface area contributed by atoms with Crippen LogP contribution in [0.5, 0.6) is 0 Å². The van der Waals surface area contributed by atoms with Crippen LogP contribution in [0.3, 0.4) is 0 Å². The van der Waals surface area contributed by atoms with Crippen LogP contribution >= 0.6 is 24.0 Å². The normalized spacial score (nSPS) is 21.5. The molecule has 3 rings (SSSR count). The Hall–Kier alpha value is -1.44. The second kappa shape index (κ2) is 7.21. The second-order valence-electron chi connectivity index (χ2n) is 6.01. The average molecular weight is 364 g/mol. The van der Waals surface area contributed by atoms with E-state index in [4.69, 9.17) is 17.0 Å². The van der Waals surface area contributed by atoms with Gasteiger partial charge in [0.15, 0.2) is 0 Å². The van der Waals surface area contributed by atoms with E-state index in [1.165, 1.54) is 16.7 Å². The number of imide groups is 1. The lowest BCUT2D eigenvalue weighted by Crippen LogP contribution is -2.39. The Balaban J connectivity index is 1.71. The molecule has 0 aromatic heterocycles. The van der Waals surface area contributed by atoms with E-state index in [1.54, 1.807) is 0 Å². The molecule has 24 heavy (non-hydrogen) atoms. The molecule has 2 heterocycles. The van der Waals surface area contributed by atoms with Crippen molar-refractivity contribution in [3.63, 3.8) is 0 Å². The van der Waals surface area contributed by atoms with Crippen LogP contribution in [0.1, 0.15) is 17.5 Å². The average Bonchev–Trinajstić information content (AvgIpc) is 2.85. The number of hydrogen-bond acceptors (Lipinski definition) is 5. The first-order chi connectivity index (χ1) is 11.5. The summed E-state index contributed by atoms with van der Waals surface area (Å²) in [5.74, 6) is -0.339. The quantitative estimate of drug-likeness (QED) is 0.593. The third kappa shape index (κ3) is 3.48. The van der Waals surface area contributed by atoms with Gasteiger partial charge in [-0.25, -0.2) is 4.90 Å². The van der Waals surface area contributed by atoms with Crippen LogP contribution in [0.4, 0.5) is 5.69 Å². The number of ether oxygens (including phenoxy) is 1. The fourth-order valence-corrected chi connectivity index (χ4v) is 4.31. The summed E-state index contributed by atoms with van der Waals surface area (Å²) in [7, 11) is 0. The molecule has 0 unspecified atom stereocenters. The van der Waals surface area contributed by atoms with Gasteiger partial charge in [0.2, 0.25) is 11.8 Å². The third-order valence-electron chi connectivity index (χ3n) is 4.37. The Bertz CT molecular complexity index is 686. The number of hydrogen-bond donors (Lipinski definition) is 0. The first-order valence-corrected chi connectivity index (χ1v) is 9.23. The summed E-state index contributed by atoms with van der Waals surface area (Å²) in [5, 5.41) is -0.436. The van der Waals surface area contributed by atoms with E-state index in [1.807, 2.05) is 36.9 Å². The van der Waals surface area contributed by atoms with Gasteiger partial charge in [-0.1, -0.05) is 30.0 Å². The maximum absolute atomic E-state index is 12.7. The Morgan fingerprint density at radius 1 is 1.21 bits per heavy atom.